The maximum absolute atomic E-state index is 9.22. The summed E-state index contributed by atoms with van der Waals surface area (Å²) < 4.78 is 6.72. The van der Waals surface area contributed by atoms with E-state index < -0.39 is 8.32 Å². The van der Waals surface area contributed by atoms with Gasteiger partial charge in [0, 0.05) is 19.1 Å². The lowest BCUT2D eigenvalue weighted by molar-refractivity contribution is -0.0185. The highest BCUT2D eigenvalue weighted by molar-refractivity contribution is 6.74. The number of fused-ring (bicyclic) bond motifs is 1. The van der Waals surface area contributed by atoms with Crippen LogP contribution < -0.4 is 10.2 Å². The van der Waals surface area contributed by atoms with Gasteiger partial charge in [-0.25, -0.2) is 0 Å². The molecule has 1 heterocycles. The van der Waals surface area contributed by atoms with Gasteiger partial charge in [-0.1, -0.05) is 20.8 Å². The lowest BCUT2D eigenvalue weighted by Crippen LogP contribution is -2.61. The number of rotatable bonds is 3. The molecule has 3 rings (SSSR count). The van der Waals surface area contributed by atoms with Crippen LogP contribution in [0.1, 0.15) is 46.1 Å². The highest BCUT2D eigenvalue weighted by Crippen LogP contribution is 2.48. The summed E-state index contributed by atoms with van der Waals surface area (Å²) in [7, 11) is -1.75. The van der Waals surface area contributed by atoms with Gasteiger partial charge in [-0.15, -0.1) is 0 Å². The average Bonchev–Trinajstić information content (AvgIpc) is 2.50. The third-order valence-corrected chi connectivity index (χ3v) is 10.8. The van der Waals surface area contributed by atoms with Gasteiger partial charge >= 0.3 is 0 Å². The molecule has 0 bridgehead atoms. The molecule has 1 saturated carbocycles. The van der Waals surface area contributed by atoms with E-state index in [1.54, 1.807) is 0 Å². The molecule has 4 nitrogen and oxygen atoms in total. The van der Waals surface area contributed by atoms with Crippen LogP contribution in [0.2, 0.25) is 18.1 Å². The minimum Gasteiger partial charge on any atom is -0.411 e. The second-order valence-corrected chi connectivity index (χ2v) is 14.1. The normalized spacial score (nSPS) is 26.3. The van der Waals surface area contributed by atoms with Crippen molar-refractivity contribution in [3.63, 3.8) is 0 Å². The van der Waals surface area contributed by atoms with Gasteiger partial charge in [0.25, 0.3) is 0 Å². The quantitative estimate of drug-likeness (QED) is 0.794. The van der Waals surface area contributed by atoms with Crippen LogP contribution in [0.25, 0.3) is 0 Å². The molecule has 1 aromatic rings. The minimum atomic E-state index is -1.75. The van der Waals surface area contributed by atoms with E-state index in [9.17, 15) is 5.26 Å². The Balaban J connectivity index is 1.73. The second kappa shape index (κ2) is 6.03. The number of nitriles is 1. The van der Waals surface area contributed by atoms with E-state index in [-0.39, 0.29) is 10.6 Å². The first-order chi connectivity index (χ1) is 11.5. The molecule has 1 N–H and O–H groups in total. The van der Waals surface area contributed by atoms with Crippen LogP contribution in [0.5, 0.6) is 0 Å². The lowest BCUT2D eigenvalue weighted by atomic mass is 9.76. The molecule has 1 aliphatic carbocycles. The molecule has 2 aliphatic rings. The van der Waals surface area contributed by atoms with Gasteiger partial charge in [-0.2, -0.15) is 5.26 Å². The highest BCUT2D eigenvalue weighted by atomic mass is 28.4. The molecule has 25 heavy (non-hydrogen) atoms. The van der Waals surface area contributed by atoms with Crippen LogP contribution in [0.4, 0.5) is 11.4 Å². The summed E-state index contributed by atoms with van der Waals surface area (Å²) in [5, 5.41) is 12.9. The molecule has 0 radical (unpaired) electrons. The number of nitrogens with zero attached hydrogens (tertiary/aromatic N) is 2. The summed E-state index contributed by atoms with van der Waals surface area (Å²) in [6.07, 6.45) is 2.13. The summed E-state index contributed by atoms with van der Waals surface area (Å²) in [6, 6.07) is 8.71. The van der Waals surface area contributed by atoms with Gasteiger partial charge in [-0.3, -0.25) is 0 Å². The molecule has 0 spiro atoms. The van der Waals surface area contributed by atoms with Gasteiger partial charge in [0.2, 0.25) is 0 Å². The van der Waals surface area contributed by atoms with Crippen LogP contribution in [-0.2, 0) is 4.43 Å². The smallest absolute Gasteiger partial charge is 0.192 e. The van der Waals surface area contributed by atoms with Crippen molar-refractivity contribution in [2.24, 2.45) is 0 Å². The SMILES string of the molecule is CC1(O[Si](C)(C)C(C)(C)C)CC(N2CCNc3ccc(C#N)cc32)C1. The number of nitrogens with one attached hydrogen (secondary N) is 1. The van der Waals surface area contributed by atoms with Crippen molar-refractivity contribution in [1.29, 1.82) is 5.26 Å². The number of benzene rings is 1. The van der Waals surface area contributed by atoms with E-state index in [1.165, 1.54) is 5.69 Å². The molecule has 0 amide bonds. The summed E-state index contributed by atoms with van der Waals surface area (Å²) >= 11 is 0. The van der Waals surface area contributed by atoms with E-state index in [0.29, 0.717) is 6.04 Å². The maximum Gasteiger partial charge on any atom is 0.192 e. The van der Waals surface area contributed by atoms with Crippen molar-refractivity contribution in [1.82, 2.24) is 0 Å². The van der Waals surface area contributed by atoms with E-state index >= 15 is 0 Å². The zero-order valence-corrected chi connectivity index (χ0v) is 17.4. The molecule has 0 atom stereocenters. The van der Waals surface area contributed by atoms with Crippen molar-refractivity contribution in [2.45, 2.75) is 70.3 Å². The minimum absolute atomic E-state index is 0.00839. The molecule has 1 aliphatic heterocycles. The second-order valence-electron chi connectivity index (χ2n) is 9.34. The van der Waals surface area contributed by atoms with Crippen LogP contribution in [-0.4, -0.2) is 33.0 Å². The Morgan fingerprint density at radius 1 is 1.32 bits per heavy atom. The van der Waals surface area contributed by atoms with Gasteiger partial charge in [-0.05, 0) is 56.1 Å². The Bertz CT molecular complexity index is 696. The Hall–Kier alpha value is -1.51. The van der Waals surface area contributed by atoms with E-state index in [2.05, 4.69) is 57.1 Å². The molecular weight excluding hydrogens is 326 g/mol. The molecule has 1 aromatic carbocycles. The molecule has 1 fully saturated rings. The first kappa shape index (κ1) is 18.3. The fourth-order valence-corrected chi connectivity index (χ4v) is 5.51. The van der Waals surface area contributed by atoms with Crippen molar-refractivity contribution in [3.05, 3.63) is 23.8 Å². The van der Waals surface area contributed by atoms with Gasteiger partial charge in [0.15, 0.2) is 8.32 Å². The third-order valence-electron chi connectivity index (χ3n) is 6.19. The topological polar surface area (TPSA) is 48.3 Å². The molecule has 0 saturated heterocycles. The van der Waals surface area contributed by atoms with Gasteiger partial charge in [0.1, 0.15) is 0 Å². The first-order valence-electron chi connectivity index (χ1n) is 9.30. The number of anilines is 2. The third kappa shape index (κ3) is 3.43. The fraction of sp³-hybridized carbons (Fsp3) is 0.650. The highest BCUT2D eigenvalue weighted by Gasteiger charge is 2.50. The van der Waals surface area contributed by atoms with Crippen LogP contribution in [0, 0.1) is 11.3 Å². The molecule has 136 valence electrons. The Kier molecular flexibility index (Phi) is 4.41. The Morgan fingerprint density at radius 2 is 2.00 bits per heavy atom. The standard InChI is InChI=1S/C20H31N3OSi/c1-19(2,3)25(5,6)24-20(4)12-16(13-20)23-10-9-22-17-8-7-15(14-21)11-18(17)23/h7-8,11,16,22H,9-10,12-13H2,1-6H3. The van der Waals surface area contributed by atoms with Crippen molar-refractivity contribution < 1.29 is 4.43 Å². The Labute approximate surface area is 153 Å². The summed E-state index contributed by atoms with van der Waals surface area (Å²) in [4.78, 5) is 2.48. The van der Waals surface area contributed by atoms with Crippen molar-refractivity contribution in [3.8, 4) is 6.07 Å². The number of hydrogen-bond donors (Lipinski definition) is 1. The monoisotopic (exact) mass is 357 g/mol. The van der Waals surface area contributed by atoms with E-state index in [0.717, 1.165) is 37.2 Å². The van der Waals surface area contributed by atoms with E-state index in [1.807, 2.05) is 18.2 Å². The van der Waals surface area contributed by atoms with Crippen molar-refractivity contribution >= 4 is 19.7 Å². The Morgan fingerprint density at radius 3 is 2.60 bits per heavy atom. The van der Waals surface area contributed by atoms with Crippen LogP contribution in [0.3, 0.4) is 0 Å². The average molecular weight is 358 g/mol. The summed E-state index contributed by atoms with van der Waals surface area (Å²) in [5.74, 6) is 0. The zero-order chi connectivity index (χ0) is 18.5. The first-order valence-corrected chi connectivity index (χ1v) is 12.2. The van der Waals surface area contributed by atoms with Crippen LogP contribution in [0.15, 0.2) is 18.2 Å². The summed E-state index contributed by atoms with van der Waals surface area (Å²) in [6.45, 7) is 15.8. The number of hydrogen-bond acceptors (Lipinski definition) is 4. The van der Waals surface area contributed by atoms with E-state index in [4.69, 9.17) is 4.43 Å². The van der Waals surface area contributed by atoms with Crippen LogP contribution >= 0.6 is 0 Å². The molecule has 5 heteroatoms. The fourth-order valence-electron chi connectivity index (χ4n) is 3.81. The lowest BCUT2D eigenvalue weighted by Gasteiger charge is -2.55. The maximum atomic E-state index is 9.22. The molecule has 0 aromatic heterocycles. The van der Waals surface area contributed by atoms with Crippen molar-refractivity contribution in [2.75, 3.05) is 23.3 Å². The largest absolute Gasteiger partial charge is 0.411 e. The predicted octanol–water partition coefficient (Wildman–Crippen LogP) is 4.73. The summed E-state index contributed by atoms with van der Waals surface area (Å²) in [5.41, 5.74) is 3.03. The predicted molar refractivity (Wildman–Crippen MR) is 107 cm³/mol. The van der Waals surface area contributed by atoms with Gasteiger partial charge in [0.05, 0.1) is 28.6 Å². The zero-order valence-electron chi connectivity index (χ0n) is 16.4. The molecular formula is C20H31N3OSi. The van der Waals surface area contributed by atoms with Gasteiger partial charge < -0.3 is 14.6 Å². The molecule has 0 unspecified atom stereocenters.